The zero-order valence-corrected chi connectivity index (χ0v) is 17.3. The number of carbonyl (C=O) groups is 3. The van der Waals surface area contributed by atoms with Gasteiger partial charge in [-0.05, 0) is 42.3 Å². The summed E-state index contributed by atoms with van der Waals surface area (Å²) in [7, 11) is 0. The lowest BCUT2D eigenvalue weighted by atomic mass is 9.79. The van der Waals surface area contributed by atoms with Crippen molar-refractivity contribution in [1.29, 1.82) is 0 Å². The van der Waals surface area contributed by atoms with Crippen LogP contribution in [0.4, 0.5) is 5.69 Å². The van der Waals surface area contributed by atoms with Crippen LogP contribution < -0.4 is 4.90 Å². The summed E-state index contributed by atoms with van der Waals surface area (Å²) < 4.78 is 0. The van der Waals surface area contributed by atoms with Gasteiger partial charge in [-0.25, -0.2) is 0 Å². The zero-order chi connectivity index (χ0) is 22.0. The number of carbonyl (C=O) groups excluding carboxylic acids is 3. The van der Waals surface area contributed by atoms with E-state index in [9.17, 15) is 14.4 Å². The van der Waals surface area contributed by atoms with Crippen LogP contribution in [0.3, 0.4) is 0 Å². The number of para-hydroxylation sites is 1. The van der Waals surface area contributed by atoms with Crippen LogP contribution >= 0.6 is 0 Å². The van der Waals surface area contributed by atoms with E-state index in [4.69, 9.17) is 0 Å². The first-order valence-corrected chi connectivity index (χ1v) is 10.5. The number of fused-ring (bicyclic) bond motifs is 6. The van der Waals surface area contributed by atoms with Crippen molar-refractivity contribution < 1.29 is 14.4 Å². The average molecular weight is 418 g/mol. The fourth-order valence-corrected chi connectivity index (χ4v) is 5.27. The molecule has 6 rings (SSSR count). The summed E-state index contributed by atoms with van der Waals surface area (Å²) in [5.74, 6) is 5.46. The van der Waals surface area contributed by atoms with Gasteiger partial charge in [-0.1, -0.05) is 60.4 Å². The van der Waals surface area contributed by atoms with Crippen LogP contribution in [-0.4, -0.2) is 29.2 Å². The minimum Gasteiger partial charge on any atom is -0.296 e. The highest BCUT2D eigenvalue weighted by atomic mass is 16.2. The highest BCUT2D eigenvalue weighted by molar-refractivity contribution is 6.21. The van der Waals surface area contributed by atoms with Crippen molar-refractivity contribution in [3.63, 3.8) is 0 Å². The first kappa shape index (κ1) is 18.6. The fourth-order valence-electron chi connectivity index (χ4n) is 5.27. The Morgan fingerprint density at radius 2 is 1.38 bits per heavy atom. The Morgan fingerprint density at radius 3 is 2.09 bits per heavy atom. The Hall–Kier alpha value is -4.17. The lowest BCUT2D eigenvalue weighted by Gasteiger charge is -2.32. The zero-order valence-electron chi connectivity index (χ0n) is 17.3. The summed E-state index contributed by atoms with van der Waals surface area (Å²) in [5, 5.41) is 0. The number of hydrogen-bond donors (Lipinski definition) is 0. The molecule has 3 aliphatic rings. The molecule has 0 saturated heterocycles. The van der Waals surface area contributed by atoms with Gasteiger partial charge in [0.1, 0.15) is 0 Å². The first-order valence-electron chi connectivity index (χ1n) is 10.5. The van der Waals surface area contributed by atoms with Gasteiger partial charge in [0.25, 0.3) is 17.7 Å². The molecule has 0 saturated carbocycles. The van der Waals surface area contributed by atoms with Gasteiger partial charge in [0.2, 0.25) is 0 Å². The van der Waals surface area contributed by atoms with E-state index < -0.39 is 5.54 Å². The maximum atomic E-state index is 13.3. The molecule has 32 heavy (non-hydrogen) atoms. The molecule has 0 radical (unpaired) electrons. The smallest absolute Gasteiger partial charge is 0.262 e. The van der Waals surface area contributed by atoms with E-state index in [0.29, 0.717) is 16.7 Å². The second-order valence-corrected chi connectivity index (χ2v) is 8.39. The Bertz CT molecular complexity index is 1380. The summed E-state index contributed by atoms with van der Waals surface area (Å²) in [5.41, 5.74) is 3.66. The molecule has 2 atom stereocenters. The molecule has 3 aromatic carbocycles. The van der Waals surface area contributed by atoms with Crippen LogP contribution in [0.1, 0.15) is 55.0 Å². The molecule has 3 aliphatic heterocycles. The van der Waals surface area contributed by atoms with Crippen molar-refractivity contribution in [2.45, 2.75) is 18.4 Å². The summed E-state index contributed by atoms with van der Waals surface area (Å²) in [4.78, 5) is 41.6. The third-order valence-corrected chi connectivity index (χ3v) is 6.78. The van der Waals surface area contributed by atoms with E-state index in [2.05, 4.69) is 11.8 Å². The highest BCUT2D eigenvalue weighted by Crippen LogP contribution is 2.57. The minimum absolute atomic E-state index is 0.0106. The maximum absolute atomic E-state index is 13.3. The van der Waals surface area contributed by atoms with Gasteiger partial charge in [-0.2, -0.15) is 0 Å². The molecule has 0 aliphatic carbocycles. The maximum Gasteiger partial charge on any atom is 0.262 e. The number of benzene rings is 3. The topological polar surface area (TPSA) is 57.7 Å². The van der Waals surface area contributed by atoms with Crippen molar-refractivity contribution in [2.24, 2.45) is 0 Å². The number of imide groups is 1. The monoisotopic (exact) mass is 418 g/mol. The Labute approximate surface area is 185 Å². The predicted molar refractivity (Wildman–Crippen MR) is 119 cm³/mol. The largest absolute Gasteiger partial charge is 0.296 e. The Morgan fingerprint density at radius 1 is 0.781 bits per heavy atom. The first-order chi connectivity index (χ1) is 15.5. The van der Waals surface area contributed by atoms with E-state index in [1.54, 1.807) is 24.3 Å². The molecule has 5 nitrogen and oxygen atoms in total. The quantitative estimate of drug-likeness (QED) is 0.444. The van der Waals surface area contributed by atoms with Crippen molar-refractivity contribution in [3.05, 3.63) is 101 Å². The summed E-state index contributed by atoms with van der Waals surface area (Å²) in [6.07, 6.45) is 0. The second kappa shape index (κ2) is 6.41. The van der Waals surface area contributed by atoms with Crippen molar-refractivity contribution in [1.82, 2.24) is 4.90 Å². The van der Waals surface area contributed by atoms with Crippen molar-refractivity contribution in [3.8, 4) is 11.8 Å². The summed E-state index contributed by atoms with van der Waals surface area (Å²) in [6.45, 7) is 2.05. The molecule has 0 fully saturated rings. The van der Waals surface area contributed by atoms with Gasteiger partial charge in [0, 0.05) is 11.3 Å². The van der Waals surface area contributed by atoms with E-state index >= 15 is 0 Å². The van der Waals surface area contributed by atoms with Gasteiger partial charge >= 0.3 is 0 Å². The van der Waals surface area contributed by atoms with Gasteiger partial charge in [-0.15, -0.1) is 0 Å². The molecule has 154 valence electrons. The molecular formula is C27H18N2O3. The van der Waals surface area contributed by atoms with E-state index in [-0.39, 0.29) is 30.2 Å². The van der Waals surface area contributed by atoms with E-state index in [0.717, 1.165) is 16.8 Å². The van der Waals surface area contributed by atoms with Crippen LogP contribution in [0.2, 0.25) is 0 Å². The third-order valence-electron chi connectivity index (χ3n) is 6.78. The Balaban J connectivity index is 1.40. The molecular weight excluding hydrogens is 400 g/mol. The number of nitrogens with zero attached hydrogens (tertiary/aromatic N) is 2. The fraction of sp³-hybridized carbons (Fsp3) is 0.148. The Kier molecular flexibility index (Phi) is 3.73. The number of hydrogen-bond acceptors (Lipinski definition) is 3. The lowest BCUT2D eigenvalue weighted by molar-refractivity contribution is 0.0674. The van der Waals surface area contributed by atoms with Crippen LogP contribution in [-0.2, 0) is 5.54 Å². The molecule has 5 heteroatoms. The number of amides is 3. The third kappa shape index (κ3) is 2.21. The molecule has 3 aromatic rings. The van der Waals surface area contributed by atoms with Crippen molar-refractivity contribution in [2.75, 3.05) is 11.4 Å². The van der Waals surface area contributed by atoms with Crippen LogP contribution in [0.5, 0.6) is 0 Å². The molecule has 0 bridgehead atoms. The number of anilines is 1. The molecule has 0 unspecified atom stereocenters. The van der Waals surface area contributed by atoms with E-state index in [1.807, 2.05) is 60.4 Å². The van der Waals surface area contributed by atoms with Gasteiger partial charge in [0.05, 0.1) is 29.1 Å². The second-order valence-electron chi connectivity index (χ2n) is 8.39. The van der Waals surface area contributed by atoms with Crippen LogP contribution in [0, 0.1) is 11.8 Å². The minimum atomic E-state index is -0.646. The molecule has 0 spiro atoms. The standard InChI is InChI=1S/C27H18N2O3/c1-27-21(14-8-16-28-24(30)17-9-2-3-10-18(17)25(28)31)19-11-5-7-15-23(19)29(27)26(32)20-12-4-6-13-22(20)27/h2-7,9-13,15,21H,16H2,1H3/t21-,27+/m0/s1. The lowest BCUT2D eigenvalue weighted by Crippen LogP contribution is -2.40. The van der Waals surface area contributed by atoms with Gasteiger partial charge in [0.15, 0.2) is 0 Å². The molecule has 0 aromatic heterocycles. The number of rotatable bonds is 1. The van der Waals surface area contributed by atoms with Crippen LogP contribution in [0.25, 0.3) is 0 Å². The summed E-state index contributed by atoms with van der Waals surface area (Å²) >= 11 is 0. The molecule has 3 heterocycles. The van der Waals surface area contributed by atoms with Gasteiger partial charge in [-0.3, -0.25) is 24.2 Å². The average Bonchev–Trinajstić information content (AvgIpc) is 3.32. The molecule has 0 N–H and O–H groups in total. The van der Waals surface area contributed by atoms with Gasteiger partial charge < -0.3 is 0 Å². The summed E-state index contributed by atoms with van der Waals surface area (Å²) in [6, 6.07) is 22.3. The van der Waals surface area contributed by atoms with E-state index in [1.165, 1.54) is 4.90 Å². The normalized spacial score (nSPS) is 22.3. The SMILES string of the molecule is C[C@@]12c3ccccc3C(=O)N1c1ccccc1[C@@H]2C#CCN1C(=O)c2ccccc2C1=O. The molecule has 3 amide bonds. The highest BCUT2D eigenvalue weighted by Gasteiger charge is 2.57. The predicted octanol–water partition coefficient (Wildman–Crippen LogP) is 3.96. The van der Waals surface area contributed by atoms with Crippen molar-refractivity contribution >= 4 is 23.4 Å². The van der Waals surface area contributed by atoms with Crippen LogP contribution in [0.15, 0.2) is 72.8 Å².